The zero-order chi connectivity index (χ0) is 13.2. The first-order valence-electron chi connectivity index (χ1n) is 3.94. The van der Waals surface area contributed by atoms with Crippen molar-refractivity contribution in [1.82, 2.24) is 4.98 Å². The van der Waals surface area contributed by atoms with Crippen LogP contribution in [0.1, 0.15) is 22.3 Å². The molecule has 0 unspecified atom stereocenters. The fourth-order valence-corrected chi connectivity index (χ4v) is 1.58. The Morgan fingerprint density at radius 1 is 1.41 bits per heavy atom. The number of aromatic nitrogens is 1. The van der Waals surface area contributed by atoms with Crippen LogP contribution in [0.4, 0.5) is 22.0 Å². The maximum atomic E-state index is 12.5. The van der Waals surface area contributed by atoms with Gasteiger partial charge in [0.05, 0.1) is 5.56 Å². The Balaban J connectivity index is 3.23. The first kappa shape index (κ1) is 13.8. The summed E-state index contributed by atoms with van der Waals surface area (Å²) >= 11 is 2.55. The monoisotopic (exact) mass is 319 g/mol. The van der Waals surface area contributed by atoms with E-state index in [9.17, 15) is 26.7 Å². The second kappa shape index (κ2) is 4.94. The second-order valence-electron chi connectivity index (χ2n) is 2.72. The third kappa shape index (κ3) is 3.62. The molecule has 0 spiro atoms. The van der Waals surface area contributed by atoms with Crippen LogP contribution in [0.3, 0.4) is 0 Å². The summed E-state index contributed by atoms with van der Waals surface area (Å²) in [7, 11) is 0. The molecule has 0 atom stereocenters. The molecule has 94 valence electrons. The van der Waals surface area contributed by atoms with Crippen molar-refractivity contribution < 1.29 is 31.5 Å². The third-order valence-electron chi connectivity index (χ3n) is 1.59. The predicted octanol–water partition coefficient (Wildman–Crippen LogP) is 3.49. The molecule has 0 aliphatic rings. The Kier molecular flexibility index (Phi) is 4.02. The van der Waals surface area contributed by atoms with Gasteiger partial charge in [0.25, 0.3) is 6.43 Å². The highest BCUT2D eigenvalue weighted by molar-refractivity contribution is 9.10. The number of hydrogen-bond acceptors (Lipinski definition) is 3. The molecule has 3 nitrogen and oxygen atoms in total. The third-order valence-corrected chi connectivity index (χ3v) is 2.19. The molecule has 0 fully saturated rings. The summed E-state index contributed by atoms with van der Waals surface area (Å²) in [6.45, 7) is 0. The zero-order valence-corrected chi connectivity index (χ0v) is 9.35. The minimum atomic E-state index is -5.01. The van der Waals surface area contributed by atoms with Gasteiger partial charge in [-0.2, -0.15) is 0 Å². The van der Waals surface area contributed by atoms with Crippen molar-refractivity contribution in [2.24, 2.45) is 0 Å². The lowest BCUT2D eigenvalue weighted by Crippen LogP contribution is -2.18. The van der Waals surface area contributed by atoms with Gasteiger partial charge in [-0.1, -0.05) is 0 Å². The number of rotatable bonds is 3. The topological polar surface area (TPSA) is 39.2 Å². The lowest BCUT2D eigenvalue weighted by Gasteiger charge is -2.11. The lowest BCUT2D eigenvalue weighted by molar-refractivity contribution is -0.276. The Bertz CT molecular complexity index is 435. The van der Waals surface area contributed by atoms with E-state index in [0.717, 1.165) is 0 Å². The van der Waals surface area contributed by atoms with E-state index in [2.05, 4.69) is 25.7 Å². The molecule has 0 aliphatic heterocycles. The van der Waals surface area contributed by atoms with E-state index in [0.29, 0.717) is 6.07 Å². The van der Waals surface area contributed by atoms with Crippen LogP contribution in [0.2, 0.25) is 0 Å². The number of halogens is 6. The van der Waals surface area contributed by atoms with E-state index in [-0.39, 0.29) is 6.29 Å². The predicted molar refractivity (Wildman–Crippen MR) is 49.0 cm³/mol. The van der Waals surface area contributed by atoms with E-state index < -0.39 is 34.4 Å². The van der Waals surface area contributed by atoms with Crippen molar-refractivity contribution in [2.75, 3.05) is 0 Å². The van der Waals surface area contributed by atoms with Crippen LogP contribution < -0.4 is 4.74 Å². The van der Waals surface area contributed by atoms with Crippen molar-refractivity contribution in [3.8, 4) is 5.88 Å². The molecule has 0 amide bonds. The Labute approximate surface area is 99.7 Å². The Morgan fingerprint density at radius 3 is 2.41 bits per heavy atom. The van der Waals surface area contributed by atoms with Gasteiger partial charge in [0.15, 0.2) is 6.29 Å². The minimum absolute atomic E-state index is 0.00281. The van der Waals surface area contributed by atoms with Gasteiger partial charge in [0, 0.05) is 11.6 Å². The van der Waals surface area contributed by atoms with E-state index in [1.54, 1.807) is 0 Å². The average Bonchev–Trinajstić information content (AvgIpc) is 2.12. The molecule has 17 heavy (non-hydrogen) atoms. The highest BCUT2D eigenvalue weighted by Crippen LogP contribution is 2.32. The van der Waals surface area contributed by atoms with Crippen LogP contribution in [0.15, 0.2) is 10.7 Å². The van der Waals surface area contributed by atoms with E-state index in [1.807, 2.05) is 0 Å². The number of nitrogens with zero attached hydrogens (tertiary/aromatic N) is 1. The molecular weight excluding hydrogens is 317 g/mol. The van der Waals surface area contributed by atoms with Gasteiger partial charge in [-0.3, -0.25) is 4.79 Å². The van der Waals surface area contributed by atoms with Crippen LogP contribution >= 0.6 is 15.9 Å². The largest absolute Gasteiger partial charge is 0.574 e. The number of pyridine rings is 1. The van der Waals surface area contributed by atoms with Crippen LogP contribution in [0, 0.1) is 0 Å². The minimum Gasteiger partial charge on any atom is -0.388 e. The molecule has 0 radical (unpaired) electrons. The molecule has 1 aromatic rings. The SMILES string of the molecule is O=Cc1cc(OC(F)(F)F)nc(Br)c1C(F)F. The van der Waals surface area contributed by atoms with E-state index in [1.165, 1.54) is 0 Å². The second-order valence-corrected chi connectivity index (χ2v) is 3.47. The number of aldehydes is 1. The highest BCUT2D eigenvalue weighted by Gasteiger charge is 2.32. The van der Waals surface area contributed by atoms with Gasteiger partial charge in [0.2, 0.25) is 5.88 Å². The molecule has 0 N–H and O–H groups in total. The molecular formula is C8H3BrF5NO2. The number of carbonyl (C=O) groups is 1. The van der Waals surface area contributed by atoms with Gasteiger partial charge in [-0.15, -0.1) is 13.2 Å². The van der Waals surface area contributed by atoms with Gasteiger partial charge < -0.3 is 4.74 Å². The summed E-state index contributed by atoms with van der Waals surface area (Å²) < 4.78 is 63.3. The highest BCUT2D eigenvalue weighted by atomic mass is 79.9. The van der Waals surface area contributed by atoms with Crippen molar-refractivity contribution in [3.05, 3.63) is 21.8 Å². The summed E-state index contributed by atoms with van der Waals surface area (Å²) in [6, 6.07) is 0.493. The summed E-state index contributed by atoms with van der Waals surface area (Å²) in [6.07, 6.45) is -8.06. The zero-order valence-electron chi connectivity index (χ0n) is 7.76. The van der Waals surface area contributed by atoms with Crippen molar-refractivity contribution in [1.29, 1.82) is 0 Å². The maximum absolute atomic E-state index is 12.5. The molecule has 1 heterocycles. The Hall–Kier alpha value is -1.25. The van der Waals surface area contributed by atoms with Crippen molar-refractivity contribution in [3.63, 3.8) is 0 Å². The maximum Gasteiger partial charge on any atom is 0.574 e. The fourth-order valence-electron chi connectivity index (χ4n) is 1.00. The van der Waals surface area contributed by atoms with Crippen molar-refractivity contribution in [2.45, 2.75) is 12.8 Å². The molecule has 1 rings (SSSR count). The first-order chi connectivity index (χ1) is 7.74. The number of hydrogen-bond donors (Lipinski definition) is 0. The smallest absolute Gasteiger partial charge is 0.388 e. The number of carbonyl (C=O) groups excluding carboxylic acids is 1. The normalized spacial score (nSPS) is 11.7. The standard InChI is InChI=1S/C8H3BrF5NO2/c9-6-5(7(10)11)3(2-16)1-4(15-6)17-8(12,13)14/h1-2,7H. The number of alkyl halides is 5. The average molecular weight is 320 g/mol. The van der Waals surface area contributed by atoms with Gasteiger partial charge >= 0.3 is 6.36 Å². The Morgan fingerprint density at radius 2 is 2.00 bits per heavy atom. The molecule has 0 saturated heterocycles. The van der Waals surface area contributed by atoms with Gasteiger partial charge in [-0.05, 0) is 15.9 Å². The van der Waals surface area contributed by atoms with E-state index >= 15 is 0 Å². The van der Waals surface area contributed by atoms with Crippen molar-refractivity contribution >= 4 is 22.2 Å². The van der Waals surface area contributed by atoms with E-state index in [4.69, 9.17) is 0 Å². The molecule has 9 heteroatoms. The molecule has 0 aliphatic carbocycles. The van der Waals surface area contributed by atoms with Gasteiger partial charge in [0.1, 0.15) is 4.60 Å². The lowest BCUT2D eigenvalue weighted by atomic mass is 10.1. The first-order valence-corrected chi connectivity index (χ1v) is 4.73. The fraction of sp³-hybridized carbons (Fsp3) is 0.250. The molecule has 0 aromatic carbocycles. The van der Waals surface area contributed by atoms with Crippen LogP contribution in [-0.4, -0.2) is 17.6 Å². The molecule has 1 aromatic heterocycles. The summed E-state index contributed by atoms with van der Waals surface area (Å²) in [4.78, 5) is 13.6. The molecule has 0 bridgehead atoms. The van der Waals surface area contributed by atoms with Crippen LogP contribution in [0.5, 0.6) is 5.88 Å². The molecule has 0 saturated carbocycles. The summed E-state index contributed by atoms with van der Waals surface area (Å²) in [5, 5.41) is 0. The van der Waals surface area contributed by atoms with Crippen LogP contribution in [-0.2, 0) is 0 Å². The summed E-state index contributed by atoms with van der Waals surface area (Å²) in [5.74, 6) is -0.990. The van der Waals surface area contributed by atoms with Crippen LogP contribution in [0.25, 0.3) is 0 Å². The number of ether oxygens (including phenoxy) is 1. The summed E-state index contributed by atoms with van der Waals surface area (Å²) in [5.41, 5.74) is -1.41. The van der Waals surface area contributed by atoms with Gasteiger partial charge in [-0.25, -0.2) is 13.8 Å². The quantitative estimate of drug-likeness (QED) is 0.486.